The van der Waals surface area contributed by atoms with Crippen molar-refractivity contribution in [2.45, 2.75) is 57.3 Å². The van der Waals surface area contributed by atoms with E-state index in [1.54, 1.807) is 20.8 Å². The van der Waals surface area contributed by atoms with Crippen molar-refractivity contribution >= 4 is 29.4 Å². The number of carbonyl (C=O) groups excluding carboxylic acids is 2. The summed E-state index contributed by atoms with van der Waals surface area (Å²) < 4.78 is 46.5. The Morgan fingerprint density at radius 3 is 2.18 bits per heavy atom. The van der Waals surface area contributed by atoms with Crippen LogP contribution in [-0.4, -0.2) is 57.7 Å². The van der Waals surface area contributed by atoms with Gasteiger partial charge in [0.2, 0.25) is 5.91 Å². The largest absolute Gasteiger partial charge is 0.490 e. The zero-order valence-corrected chi connectivity index (χ0v) is 19.0. The number of hydrogen-bond acceptors (Lipinski definition) is 6. The zero-order valence-electron chi connectivity index (χ0n) is 19.0. The van der Waals surface area contributed by atoms with E-state index in [1.165, 1.54) is 30.1 Å². The summed E-state index contributed by atoms with van der Waals surface area (Å²) in [4.78, 5) is 39.6. The molecule has 1 saturated carbocycles. The number of alkyl halides is 3. The molecule has 0 bridgehead atoms. The number of hydrogen-bond donors (Lipinski definition) is 4. The second-order valence-corrected chi connectivity index (χ2v) is 8.87. The molecule has 1 fully saturated rings. The van der Waals surface area contributed by atoms with Gasteiger partial charge in [0.05, 0.1) is 5.41 Å². The molecule has 1 unspecified atom stereocenters. The summed E-state index contributed by atoms with van der Waals surface area (Å²) in [6, 6.07) is 4.08. The van der Waals surface area contributed by atoms with Gasteiger partial charge in [-0.1, -0.05) is 0 Å². The molecule has 0 aromatic heterocycles. The molecule has 0 spiro atoms. The standard InChI is InChI=1S/C19H25FN4O3.C2HF3O2/c1-17(2)15(26)24(4)16(21)23-18(17,3)12-10-11(6-7-13(12)20)22-14(25)19(27)8-5-9-19;3-2(4,5)1(6)7/h6-7,10,27H,5,8-9H2,1-4H3,(H2,21,23)(H,22,25);(H,6,7). The van der Waals surface area contributed by atoms with E-state index >= 15 is 0 Å². The molecule has 5 N–H and O–H groups in total. The van der Waals surface area contributed by atoms with Crippen molar-refractivity contribution in [3.05, 3.63) is 29.6 Å². The number of carbonyl (C=O) groups is 3. The number of halogens is 4. The van der Waals surface area contributed by atoms with Gasteiger partial charge in [-0.3, -0.25) is 14.5 Å². The molecule has 9 nitrogen and oxygen atoms in total. The summed E-state index contributed by atoms with van der Waals surface area (Å²) in [5.74, 6) is -4.11. The molecule has 1 aliphatic heterocycles. The molecule has 0 radical (unpaired) electrons. The number of carboxylic acids is 1. The van der Waals surface area contributed by atoms with Gasteiger partial charge < -0.3 is 21.3 Å². The predicted molar refractivity (Wildman–Crippen MR) is 113 cm³/mol. The molecule has 2 aliphatic rings. The Morgan fingerprint density at radius 1 is 1.21 bits per heavy atom. The first kappa shape index (κ1) is 27.0. The van der Waals surface area contributed by atoms with Gasteiger partial charge in [0.1, 0.15) is 17.0 Å². The number of nitrogens with two attached hydrogens (primary N) is 1. The van der Waals surface area contributed by atoms with Crippen LogP contribution in [0.25, 0.3) is 0 Å². The van der Waals surface area contributed by atoms with E-state index in [9.17, 15) is 32.3 Å². The van der Waals surface area contributed by atoms with E-state index in [0.717, 1.165) is 6.42 Å². The maximum atomic E-state index is 14.7. The second-order valence-electron chi connectivity index (χ2n) is 8.87. The molecule has 34 heavy (non-hydrogen) atoms. The molecule has 2 amide bonds. The minimum atomic E-state index is -5.08. The topological polar surface area (TPSA) is 145 Å². The van der Waals surface area contributed by atoms with Crippen LogP contribution in [0.2, 0.25) is 0 Å². The van der Waals surface area contributed by atoms with E-state index in [4.69, 9.17) is 15.6 Å². The van der Waals surface area contributed by atoms with E-state index in [1.807, 2.05) is 0 Å². The summed E-state index contributed by atoms with van der Waals surface area (Å²) in [6.45, 7) is 5.02. The lowest BCUT2D eigenvalue weighted by atomic mass is 9.67. The quantitative estimate of drug-likeness (QED) is 0.479. The number of nitrogens with one attached hydrogen (secondary N) is 1. The number of carboxylic acid groups (broad SMARTS) is 1. The second kappa shape index (κ2) is 8.85. The number of amides is 2. The Balaban J connectivity index is 0.000000509. The van der Waals surface area contributed by atoms with Gasteiger partial charge in [0.15, 0.2) is 5.96 Å². The van der Waals surface area contributed by atoms with Gasteiger partial charge in [-0.25, -0.2) is 14.2 Å². The first-order valence-corrected chi connectivity index (χ1v) is 10.1. The van der Waals surface area contributed by atoms with Gasteiger partial charge in [0.25, 0.3) is 5.91 Å². The van der Waals surface area contributed by atoms with Gasteiger partial charge >= 0.3 is 12.1 Å². The third-order valence-corrected chi connectivity index (χ3v) is 6.33. The van der Waals surface area contributed by atoms with Crippen LogP contribution in [-0.2, 0) is 19.9 Å². The van der Waals surface area contributed by atoms with Gasteiger partial charge in [-0.2, -0.15) is 13.2 Å². The number of anilines is 1. The Labute approximate surface area is 192 Å². The number of nitrogens with zero attached hydrogens (tertiary/aromatic N) is 2. The average molecular weight is 490 g/mol. The molecule has 1 aromatic carbocycles. The van der Waals surface area contributed by atoms with E-state index < -0.39 is 40.4 Å². The Bertz CT molecular complexity index is 1040. The summed E-state index contributed by atoms with van der Waals surface area (Å²) >= 11 is 0. The van der Waals surface area contributed by atoms with Crippen LogP contribution in [0.4, 0.5) is 23.2 Å². The van der Waals surface area contributed by atoms with Crippen LogP contribution < -0.4 is 11.1 Å². The van der Waals surface area contributed by atoms with E-state index in [0.29, 0.717) is 18.5 Å². The van der Waals surface area contributed by atoms with E-state index in [2.05, 4.69) is 10.3 Å². The summed E-state index contributed by atoms with van der Waals surface area (Å²) in [5, 5.41) is 19.9. The molecule has 1 aliphatic carbocycles. The summed E-state index contributed by atoms with van der Waals surface area (Å²) in [5.41, 5.74) is 2.65. The number of benzene rings is 1. The third kappa shape index (κ3) is 4.83. The average Bonchev–Trinajstić information content (AvgIpc) is 2.70. The SMILES string of the molecule is CN1C(=O)C(C)(C)C(C)(c2cc(NC(=O)C3(O)CCC3)ccc2F)N=C1N.O=C(O)C(F)(F)F. The first-order valence-electron chi connectivity index (χ1n) is 10.1. The highest BCUT2D eigenvalue weighted by atomic mass is 19.4. The highest BCUT2D eigenvalue weighted by Gasteiger charge is 2.54. The third-order valence-electron chi connectivity index (χ3n) is 6.33. The zero-order chi connectivity index (χ0) is 26.3. The lowest BCUT2D eigenvalue weighted by Gasteiger charge is -2.46. The van der Waals surface area contributed by atoms with Crippen molar-refractivity contribution in [3.63, 3.8) is 0 Å². The van der Waals surface area contributed by atoms with Gasteiger partial charge in [-0.15, -0.1) is 0 Å². The molecule has 188 valence electrons. The number of aliphatic carboxylic acids is 1. The van der Waals surface area contributed by atoms with Crippen molar-refractivity contribution < 1.29 is 42.2 Å². The Kier molecular flexibility index (Phi) is 7.04. The van der Waals surface area contributed by atoms with Crippen LogP contribution in [0.15, 0.2) is 23.2 Å². The molecule has 0 saturated heterocycles. The highest BCUT2D eigenvalue weighted by Crippen LogP contribution is 2.47. The number of rotatable bonds is 3. The normalized spacial score (nSPS) is 23.1. The predicted octanol–water partition coefficient (Wildman–Crippen LogP) is 2.34. The van der Waals surface area contributed by atoms with Gasteiger partial charge in [0, 0.05) is 18.3 Å². The summed E-state index contributed by atoms with van der Waals surface area (Å²) in [6.07, 6.45) is -3.49. The smallest absolute Gasteiger partial charge is 0.475 e. The molecular formula is C21H26F4N4O5. The molecule has 1 atom stereocenters. The first-order chi connectivity index (χ1) is 15.4. The monoisotopic (exact) mass is 490 g/mol. The van der Waals surface area contributed by atoms with Gasteiger partial charge in [-0.05, 0) is 58.2 Å². The maximum absolute atomic E-state index is 14.7. The number of aliphatic imine (C=N–C) groups is 1. The van der Waals surface area contributed by atoms with Crippen molar-refractivity contribution in [1.82, 2.24) is 4.90 Å². The fourth-order valence-electron chi connectivity index (χ4n) is 3.53. The van der Waals surface area contributed by atoms with Crippen LogP contribution in [0, 0.1) is 11.2 Å². The number of aliphatic hydroxyl groups is 1. The van der Waals surface area contributed by atoms with Crippen LogP contribution in [0.3, 0.4) is 0 Å². The minimum Gasteiger partial charge on any atom is -0.475 e. The molecule has 3 rings (SSSR count). The van der Waals surface area contributed by atoms with Crippen LogP contribution in [0.5, 0.6) is 0 Å². The number of guanidine groups is 1. The molecule has 13 heteroatoms. The molecule has 1 heterocycles. The Morgan fingerprint density at radius 2 is 1.74 bits per heavy atom. The van der Waals surface area contributed by atoms with Crippen molar-refractivity contribution in [2.24, 2.45) is 16.1 Å². The fraction of sp³-hybridized carbons (Fsp3) is 0.524. The molecule has 1 aromatic rings. The summed E-state index contributed by atoms with van der Waals surface area (Å²) in [7, 11) is 1.52. The van der Waals surface area contributed by atoms with Crippen LogP contribution in [0.1, 0.15) is 45.6 Å². The lowest BCUT2D eigenvalue weighted by molar-refractivity contribution is -0.192. The van der Waals surface area contributed by atoms with Crippen molar-refractivity contribution in [3.8, 4) is 0 Å². The van der Waals surface area contributed by atoms with Crippen molar-refractivity contribution in [2.75, 3.05) is 12.4 Å². The maximum Gasteiger partial charge on any atom is 0.490 e. The van der Waals surface area contributed by atoms with E-state index in [-0.39, 0.29) is 17.4 Å². The fourth-order valence-corrected chi connectivity index (χ4v) is 3.53. The minimum absolute atomic E-state index is 0.000516. The Hall–Kier alpha value is -3.22. The van der Waals surface area contributed by atoms with Crippen molar-refractivity contribution in [1.29, 1.82) is 0 Å². The van der Waals surface area contributed by atoms with Crippen LogP contribution >= 0.6 is 0 Å². The lowest BCUT2D eigenvalue weighted by Crippen LogP contribution is -2.58. The highest BCUT2D eigenvalue weighted by molar-refractivity contribution is 6.02. The molecular weight excluding hydrogens is 464 g/mol.